The number of aromatic nitrogens is 3. The third kappa shape index (κ3) is 4.31. The van der Waals surface area contributed by atoms with Crippen LogP contribution in [0.4, 0.5) is 0 Å². The largest absolute Gasteiger partial charge is 0.467 e. The number of benzene rings is 1. The van der Waals surface area contributed by atoms with E-state index in [9.17, 15) is 9.59 Å². The first-order chi connectivity index (χ1) is 14.6. The molecule has 3 aromatic heterocycles. The Balaban J connectivity index is 1.48. The SMILES string of the molecule is CN(Cc1ccco1)C(=O)COC(=O)c1nc(-c2cccs2)n(-c2ccccc2)n1. The van der Waals surface area contributed by atoms with Gasteiger partial charge in [0.25, 0.3) is 11.7 Å². The van der Waals surface area contributed by atoms with Crippen molar-refractivity contribution >= 4 is 23.2 Å². The van der Waals surface area contributed by atoms with Crippen LogP contribution in [0.15, 0.2) is 70.7 Å². The second kappa shape index (κ2) is 8.75. The van der Waals surface area contributed by atoms with Crippen LogP contribution in [0.2, 0.25) is 0 Å². The molecule has 0 fully saturated rings. The van der Waals surface area contributed by atoms with Gasteiger partial charge in [-0.15, -0.1) is 16.4 Å². The molecule has 0 aliphatic heterocycles. The van der Waals surface area contributed by atoms with Crippen molar-refractivity contribution in [3.05, 3.63) is 77.8 Å². The highest BCUT2D eigenvalue weighted by molar-refractivity contribution is 7.13. The molecule has 30 heavy (non-hydrogen) atoms. The molecule has 0 saturated carbocycles. The summed E-state index contributed by atoms with van der Waals surface area (Å²) >= 11 is 1.49. The fourth-order valence-electron chi connectivity index (χ4n) is 2.74. The molecule has 0 aliphatic rings. The van der Waals surface area contributed by atoms with Crippen LogP contribution in [-0.2, 0) is 16.1 Å². The summed E-state index contributed by atoms with van der Waals surface area (Å²) in [6, 6.07) is 16.7. The molecule has 1 amide bonds. The van der Waals surface area contributed by atoms with Gasteiger partial charge in [0.2, 0.25) is 0 Å². The number of ether oxygens (including phenoxy) is 1. The van der Waals surface area contributed by atoms with E-state index >= 15 is 0 Å². The second-order valence-corrected chi connectivity index (χ2v) is 7.34. The van der Waals surface area contributed by atoms with E-state index in [1.807, 2.05) is 47.8 Å². The van der Waals surface area contributed by atoms with Gasteiger partial charge in [0.05, 0.1) is 23.4 Å². The van der Waals surface area contributed by atoms with Crippen LogP contribution in [0.3, 0.4) is 0 Å². The van der Waals surface area contributed by atoms with Crippen LogP contribution in [0.5, 0.6) is 0 Å². The first-order valence-electron chi connectivity index (χ1n) is 9.11. The monoisotopic (exact) mass is 422 g/mol. The summed E-state index contributed by atoms with van der Waals surface area (Å²) in [5.41, 5.74) is 0.765. The van der Waals surface area contributed by atoms with Gasteiger partial charge in [0.15, 0.2) is 12.4 Å². The summed E-state index contributed by atoms with van der Waals surface area (Å²) in [5.74, 6) is -0.0582. The van der Waals surface area contributed by atoms with E-state index in [2.05, 4.69) is 10.1 Å². The molecule has 3 heterocycles. The van der Waals surface area contributed by atoms with Gasteiger partial charge in [0, 0.05) is 7.05 Å². The van der Waals surface area contributed by atoms with E-state index in [1.165, 1.54) is 22.5 Å². The van der Waals surface area contributed by atoms with Crippen LogP contribution >= 0.6 is 11.3 Å². The molecular weight excluding hydrogens is 404 g/mol. The van der Waals surface area contributed by atoms with Crippen LogP contribution in [0.25, 0.3) is 16.4 Å². The molecule has 4 rings (SSSR count). The van der Waals surface area contributed by atoms with E-state index in [4.69, 9.17) is 9.15 Å². The quantitative estimate of drug-likeness (QED) is 0.424. The molecule has 0 radical (unpaired) electrons. The predicted octanol–water partition coefficient (Wildman–Crippen LogP) is 3.40. The highest BCUT2D eigenvalue weighted by atomic mass is 32.1. The number of furan rings is 1. The number of para-hydroxylation sites is 1. The minimum absolute atomic E-state index is 0.108. The Labute approximate surface area is 176 Å². The minimum Gasteiger partial charge on any atom is -0.467 e. The van der Waals surface area contributed by atoms with Crippen molar-refractivity contribution in [2.75, 3.05) is 13.7 Å². The van der Waals surface area contributed by atoms with Gasteiger partial charge in [-0.2, -0.15) is 4.98 Å². The van der Waals surface area contributed by atoms with Crippen molar-refractivity contribution in [3.8, 4) is 16.4 Å². The Morgan fingerprint density at radius 2 is 1.97 bits per heavy atom. The standard InChI is InChI=1S/C21H18N4O4S/c1-24(13-16-9-5-11-28-16)18(26)14-29-21(27)19-22-20(17-10-6-12-30-17)25(23-19)15-7-3-2-4-8-15/h2-12H,13-14H2,1H3. The minimum atomic E-state index is -0.762. The van der Waals surface area contributed by atoms with E-state index in [-0.39, 0.29) is 18.3 Å². The van der Waals surface area contributed by atoms with Gasteiger partial charge in [-0.1, -0.05) is 24.3 Å². The molecule has 0 saturated heterocycles. The number of esters is 1. The number of nitrogens with zero attached hydrogens (tertiary/aromatic N) is 4. The Morgan fingerprint density at radius 1 is 1.13 bits per heavy atom. The second-order valence-electron chi connectivity index (χ2n) is 6.39. The fraction of sp³-hybridized carbons (Fsp3) is 0.143. The van der Waals surface area contributed by atoms with E-state index in [0.717, 1.165) is 10.6 Å². The van der Waals surface area contributed by atoms with Gasteiger partial charge in [-0.05, 0) is 35.7 Å². The van der Waals surface area contributed by atoms with E-state index < -0.39 is 12.6 Å². The molecule has 0 aliphatic carbocycles. The number of carbonyl (C=O) groups excluding carboxylic acids is 2. The van der Waals surface area contributed by atoms with Crippen LogP contribution in [-0.4, -0.2) is 45.2 Å². The maximum absolute atomic E-state index is 12.5. The Hall–Kier alpha value is -3.72. The average molecular weight is 422 g/mol. The zero-order valence-corrected chi connectivity index (χ0v) is 16.9. The summed E-state index contributed by atoms with van der Waals surface area (Å²) in [7, 11) is 1.61. The van der Waals surface area contributed by atoms with Gasteiger partial charge in [-0.3, -0.25) is 4.79 Å². The molecule has 0 spiro atoms. The van der Waals surface area contributed by atoms with Gasteiger partial charge in [0.1, 0.15) is 5.76 Å². The zero-order chi connectivity index (χ0) is 20.9. The third-order valence-corrected chi connectivity index (χ3v) is 5.12. The summed E-state index contributed by atoms with van der Waals surface area (Å²) in [6.07, 6.45) is 1.54. The highest BCUT2D eigenvalue weighted by Crippen LogP contribution is 2.25. The lowest BCUT2D eigenvalue weighted by Gasteiger charge is -2.15. The van der Waals surface area contributed by atoms with Crippen LogP contribution in [0.1, 0.15) is 16.4 Å². The summed E-state index contributed by atoms with van der Waals surface area (Å²) in [5, 5.41) is 6.24. The molecule has 8 nitrogen and oxygen atoms in total. The molecule has 152 valence electrons. The third-order valence-electron chi connectivity index (χ3n) is 4.26. The predicted molar refractivity (Wildman–Crippen MR) is 110 cm³/mol. The molecule has 0 unspecified atom stereocenters. The van der Waals surface area contributed by atoms with Crippen LogP contribution < -0.4 is 0 Å². The molecule has 4 aromatic rings. The normalized spacial score (nSPS) is 10.7. The number of amides is 1. The first kappa shape index (κ1) is 19.6. The zero-order valence-electron chi connectivity index (χ0n) is 16.1. The Bertz CT molecular complexity index is 1120. The number of rotatable bonds is 7. The van der Waals surface area contributed by atoms with Crippen LogP contribution in [0, 0.1) is 0 Å². The van der Waals surface area contributed by atoms with Gasteiger partial charge < -0.3 is 14.1 Å². The Kier molecular flexibility index (Phi) is 5.71. The molecule has 0 N–H and O–H groups in total. The fourth-order valence-corrected chi connectivity index (χ4v) is 3.44. The maximum atomic E-state index is 12.5. The topological polar surface area (TPSA) is 90.5 Å². The summed E-state index contributed by atoms with van der Waals surface area (Å²) in [4.78, 5) is 31.4. The number of hydrogen-bond acceptors (Lipinski definition) is 7. The van der Waals surface area contributed by atoms with Crippen molar-refractivity contribution in [2.45, 2.75) is 6.54 Å². The van der Waals surface area contributed by atoms with E-state index in [1.54, 1.807) is 23.9 Å². The number of thiophene rings is 1. The molecule has 0 atom stereocenters. The summed E-state index contributed by atoms with van der Waals surface area (Å²) < 4.78 is 12.0. The highest BCUT2D eigenvalue weighted by Gasteiger charge is 2.22. The lowest BCUT2D eigenvalue weighted by atomic mass is 10.3. The summed E-state index contributed by atoms with van der Waals surface area (Å²) in [6.45, 7) is -0.128. The van der Waals surface area contributed by atoms with Crippen molar-refractivity contribution in [3.63, 3.8) is 0 Å². The van der Waals surface area contributed by atoms with E-state index in [0.29, 0.717) is 11.6 Å². The number of carbonyl (C=O) groups is 2. The Morgan fingerprint density at radius 3 is 2.67 bits per heavy atom. The maximum Gasteiger partial charge on any atom is 0.378 e. The number of hydrogen-bond donors (Lipinski definition) is 0. The van der Waals surface area contributed by atoms with Crippen molar-refractivity contribution in [1.29, 1.82) is 0 Å². The molecular formula is C21H18N4O4S. The smallest absolute Gasteiger partial charge is 0.378 e. The molecule has 0 bridgehead atoms. The van der Waals surface area contributed by atoms with Crippen molar-refractivity contribution in [1.82, 2.24) is 19.7 Å². The first-order valence-corrected chi connectivity index (χ1v) is 9.99. The number of likely N-dealkylation sites (N-methyl/N-ethyl adjacent to an activating group) is 1. The lowest BCUT2D eigenvalue weighted by molar-refractivity contribution is -0.134. The molecule has 1 aromatic carbocycles. The lowest BCUT2D eigenvalue weighted by Crippen LogP contribution is -2.30. The van der Waals surface area contributed by atoms with Gasteiger partial charge >= 0.3 is 5.97 Å². The average Bonchev–Trinajstić information content (AvgIpc) is 3.53. The van der Waals surface area contributed by atoms with Gasteiger partial charge in [-0.25, -0.2) is 9.48 Å². The van der Waals surface area contributed by atoms with Crippen molar-refractivity contribution < 1.29 is 18.7 Å². The van der Waals surface area contributed by atoms with Crippen molar-refractivity contribution in [2.24, 2.45) is 0 Å². The molecule has 9 heteroatoms.